The van der Waals surface area contributed by atoms with Gasteiger partial charge in [-0.2, -0.15) is 0 Å². The largest absolute Gasteiger partial charge is 0.508 e. The second-order valence-electron chi connectivity index (χ2n) is 9.02. The Bertz CT molecular complexity index is 877. The summed E-state index contributed by atoms with van der Waals surface area (Å²) in [6, 6.07) is 10.4. The fourth-order valence-corrected chi connectivity index (χ4v) is 4.46. The van der Waals surface area contributed by atoms with Crippen molar-refractivity contribution >= 4 is 0 Å². The number of rotatable bonds is 5. The second kappa shape index (κ2) is 11.7. The van der Waals surface area contributed by atoms with E-state index in [-0.39, 0.29) is 22.9 Å². The molecule has 4 rings (SSSR count). The Morgan fingerprint density at radius 3 is 2.12 bits per heavy atom. The van der Waals surface area contributed by atoms with Crippen molar-refractivity contribution in [1.29, 1.82) is 0 Å². The lowest BCUT2D eigenvalue weighted by molar-refractivity contribution is 0.148. The van der Waals surface area contributed by atoms with E-state index in [0.29, 0.717) is 6.54 Å². The standard InChI is InChI=1S/C24H33N3O2.C2H6.H2O/c1-17(2)22-11-21(23(28)12-24(22)29)16-27-14-19-5-4-18(10-20(19)15-27)13-26-8-6-25(3)7-9-26;1-2;/h4-5,10-12,17,28-29H,6-9,13-16H2,1-3H3;1-2H3;1H2. The molecule has 0 bridgehead atoms. The minimum Gasteiger partial charge on any atom is -0.508 e. The molecule has 178 valence electrons. The van der Waals surface area contributed by atoms with Gasteiger partial charge in [-0.1, -0.05) is 45.9 Å². The van der Waals surface area contributed by atoms with E-state index in [1.165, 1.54) is 22.8 Å². The molecule has 6 nitrogen and oxygen atoms in total. The number of nitrogens with zero attached hydrogens (tertiary/aromatic N) is 3. The van der Waals surface area contributed by atoms with Crippen LogP contribution in [0.1, 0.15) is 61.4 Å². The molecule has 0 atom stereocenters. The summed E-state index contributed by atoms with van der Waals surface area (Å²) in [6.07, 6.45) is 0. The Morgan fingerprint density at radius 1 is 0.812 bits per heavy atom. The monoisotopic (exact) mass is 443 g/mol. The van der Waals surface area contributed by atoms with Crippen molar-refractivity contribution in [3.8, 4) is 11.5 Å². The molecule has 0 radical (unpaired) electrons. The fraction of sp³-hybridized carbons (Fsp3) is 0.538. The third-order valence-corrected chi connectivity index (χ3v) is 6.30. The number of aromatic hydroxyl groups is 2. The van der Waals surface area contributed by atoms with Gasteiger partial charge in [-0.15, -0.1) is 0 Å². The van der Waals surface area contributed by atoms with Gasteiger partial charge in [0.25, 0.3) is 0 Å². The van der Waals surface area contributed by atoms with Crippen LogP contribution in [0.5, 0.6) is 11.5 Å². The molecule has 4 N–H and O–H groups in total. The highest BCUT2D eigenvalue weighted by molar-refractivity contribution is 5.46. The second-order valence-corrected chi connectivity index (χ2v) is 9.02. The number of benzene rings is 2. The van der Waals surface area contributed by atoms with Crippen LogP contribution in [0.2, 0.25) is 0 Å². The van der Waals surface area contributed by atoms with Gasteiger partial charge >= 0.3 is 0 Å². The molecule has 0 unspecified atom stereocenters. The lowest BCUT2D eigenvalue weighted by Gasteiger charge is -2.32. The van der Waals surface area contributed by atoms with Gasteiger partial charge in [-0.25, -0.2) is 0 Å². The first kappa shape index (κ1) is 26.1. The summed E-state index contributed by atoms with van der Waals surface area (Å²) in [6.45, 7) is 16.2. The van der Waals surface area contributed by atoms with Crippen LogP contribution in [-0.4, -0.2) is 63.6 Å². The lowest BCUT2D eigenvalue weighted by atomic mass is 9.98. The zero-order valence-corrected chi connectivity index (χ0v) is 20.4. The average molecular weight is 444 g/mol. The van der Waals surface area contributed by atoms with Crippen molar-refractivity contribution < 1.29 is 15.7 Å². The minimum atomic E-state index is 0. The van der Waals surface area contributed by atoms with Crippen LogP contribution in [0.25, 0.3) is 0 Å². The zero-order chi connectivity index (χ0) is 22.5. The van der Waals surface area contributed by atoms with Gasteiger partial charge in [0, 0.05) is 64.0 Å². The van der Waals surface area contributed by atoms with Crippen molar-refractivity contribution in [3.05, 3.63) is 58.1 Å². The van der Waals surface area contributed by atoms with E-state index >= 15 is 0 Å². The highest BCUT2D eigenvalue weighted by Gasteiger charge is 2.22. The highest BCUT2D eigenvalue weighted by atomic mass is 16.3. The van der Waals surface area contributed by atoms with Crippen molar-refractivity contribution in [2.75, 3.05) is 33.2 Å². The van der Waals surface area contributed by atoms with E-state index in [1.807, 2.05) is 19.9 Å². The molecular formula is C26H41N3O3. The summed E-state index contributed by atoms with van der Waals surface area (Å²) >= 11 is 0. The fourth-order valence-electron chi connectivity index (χ4n) is 4.46. The molecule has 2 aliphatic heterocycles. The van der Waals surface area contributed by atoms with Gasteiger partial charge < -0.3 is 20.6 Å². The van der Waals surface area contributed by atoms with Gasteiger partial charge in [-0.05, 0) is 41.3 Å². The summed E-state index contributed by atoms with van der Waals surface area (Å²) in [5.41, 5.74) is 5.96. The number of hydrogen-bond donors (Lipinski definition) is 2. The maximum Gasteiger partial charge on any atom is 0.123 e. The molecule has 0 aliphatic carbocycles. The quantitative estimate of drug-likeness (QED) is 0.737. The Morgan fingerprint density at radius 2 is 1.47 bits per heavy atom. The zero-order valence-electron chi connectivity index (χ0n) is 20.4. The molecule has 1 fully saturated rings. The van der Waals surface area contributed by atoms with Crippen LogP contribution in [-0.2, 0) is 26.2 Å². The van der Waals surface area contributed by atoms with E-state index in [1.54, 1.807) is 0 Å². The average Bonchev–Trinajstić information content (AvgIpc) is 3.14. The Balaban J connectivity index is 0.00000118. The summed E-state index contributed by atoms with van der Waals surface area (Å²) in [5.74, 6) is 0.584. The lowest BCUT2D eigenvalue weighted by Crippen LogP contribution is -2.43. The number of phenolic OH excluding ortho intramolecular Hbond substituents is 2. The Labute approximate surface area is 193 Å². The van der Waals surface area contributed by atoms with Crippen LogP contribution < -0.4 is 0 Å². The molecule has 0 spiro atoms. The predicted molar refractivity (Wildman–Crippen MR) is 131 cm³/mol. The molecule has 6 heteroatoms. The number of hydrogen-bond acceptors (Lipinski definition) is 5. The summed E-state index contributed by atoms with van der Waals surface area (Å²) < 4.78 is 0. The van der Waals surface area contributed by atoms with E-state index in [0.717, 1.165) is 56.9 Å². The predicted octanol–water partition coefficient (Wildman–Crippen LogP) is 3.69. The summed E-state index contributed by atoms with van der Waals surface area (Å²) in [5, 5.41) is 20.4. The molecule has 2 aromatic carbocycles. The first-order valence-electron chi connectivity index (χ1n) is 11.7. The number of piperazine rings is 1. The van der Waals surface area contributed by atoms with Gasteiger partial charge in [0.05, 0.1) is 0 Å². The minimum absolute atomic E-state index is 0. The molecule has 0 aromatic heterocycles. The first-order chi connectivity index (χ1) is 14.9. The van der Waals surface area contributed by atoms with Gasteiger partial charge in [0.15, 0.2) is 0 Å². The topological polar surface area (TPSA) is 81.7 Å². The van der Waals surface area contributed by atoms with Crippen LogP contribution in [0.15, 0.2) is 30.3 Å². The maximum atomic E-state index is 10.3. The maximum absolute atomic E-state index is 10.3. The third-order valence-electron chi connectivity index (χ3n) is 6.30. The van der Waals surface area contributed by atoms with Crippen LogP contribution >= 0.6 is 0 Å². The van der Waals surface area contributed by atoms with E-state index < -0.39 is 0 Å². The summed E-state index contributed by atoms with van der Waals surface area (Å²) in [4.78, 5) is 7.29. The Hall–Kier alpha value is -2.12. The van der Waals surface area contributed by atoms with Crippen molar-refractivity contribution in [2.45, 2.75) is 59.8 Å². The molecule has 2 heterocycles. The van der Waals surface area contributed by atoms with E-state index in [9.17, 15) is 10.2 Å². The van der Waals surface area contributed by atoms with Crippen LogP contribution in [0.4, 0.5) is 0 Å². The SMILES string of the molecule is CC.CC(C)c1cc(CN2Cc3ccc(CN4CCN(C)CC4)cc3C2)c(O)cc1O.O. The normalized spacial score (nSPS) is 16.9. The summed E-state index contributed by atoms with van der Waals surface area (Å²) in [7, 11) is 2.19. The van der Waals surface area contributed by atoms with Crippen molar-refractivity contribution in [2.24, 2.45) is 0 Å². The molecule has 1 saturated heterocycles. The first-order valence-corrected chi connectivity index (χ1v) is 11.7. The molecule has 0 amide bonds. The van der Waals surface area contributed by atoms with E-state index in [4.69, 9.17) is 0 Å². The smallest absolute Gasteiger partial charge is 0.123 e. The van der Waals surface area contributed by atoms with Gasteiger partial charge in [-0.3, -0.25) is 9.80 Å². The molecule has 32 heavy (non-hydrogen) atoms. The molecule has 2 aliphatic rings. The van der Waals surface area contributed by atoms with E-state index in [2.05, 4.69) is 53.8 Å². The number of fused-ring (bicyclic) bond motifs is 1. The number of likely N-dealkylation sites (N-methyl/N-ethyl adjacent to an activating group) is 1. The number of phenols is 2. The highest BCUT2D eigenvalue weighted by Crippen LogP contribution is 2.34. The van der Waals surface area contributed by atoms with Crippen LogP contribution in [0, 0.1) is 0 Å². The molecule has 2 aromatic rings. The van der Waals surface area contributed by atoms with Crippen LogP contribution in [0.3, 0.4) is 0 Å². The molecule has 0 saturated carbocycles. The van der Waals surface area contributed by atoms with Gasteiger partial charge in [0.2, 0.25) is 0 Å². The molecular weight excluding hydrogens is 402 g/mol. The Kier molecular flexibility index (Phi) is 9.52. The van der Waals surface area contributed by atoms with Crippen molar-refractivity contribution in [3.63, 3.8) is 0 Å². The van der Waals surface area contributed by atoms with Gasteiger partial charge in [0.1, 0.15) is 11.5 Å². The van der Waals surface area contributed by atoms with Crippen molar-refractivity contribution in [1.82, 2.24) is 14.7 Å². The third kappa shape index (κ3) is 6.23.